The first-order valence-corrected chi connectivity index (χ1v) is 8.01. The number of benzene rings is 1. The number of carboxylic acids is 1. The smallest absolute Gasteiger partial charge is 0.314 e. The van der Waals surface area contributed by atoms with Gasteiger partial charge in [-0.25, -0.2) is 0 Å². The summed E-state index contributed by atoms with van der Waals surface area (Å²) in [6.45, 7) is 4.07. The topological polar surface area (TPSA) is 46.5 Å². The van der Waals surface area contributed by atoms with Crippen LogP contribution in [0, 0.1) is 0 Å². The molecule has 1 aliphatic carbocycles. The summed E-state index contributed by atoms with van der Waals surface area (Å²) in [5, 5.41) is 9.75. The molecular weight excluding hydrogens is 272 g/mol. The standard InChI is InChI=1S/C16H20O3S/c1-15(2)19-12-10-11(6-7-13(12)20-15)16(14(17)18)8-4-3-5-9-16/h6-7,10H,3-5,8-9H2,1-2H3,(H,17,18). The predicted octanol–water partition coefficient (Wildman–Crippen LogP) is 4.19. The number of rotatable bonds is 2. The highest BCUT2D eigenvalue weighted by molar-refractivity contribution is 8.00. The third-order valence-electron chi connectivity index (χ3n) is 4.32. The molecule has 1 aliphatic heterocycles. The average molecular weight is 292 g/mol. The van der Waals surface area contributed by atoms with Crippen LogP contribution in [-0.4, -0.2) is 16.0 Å². The molecule has 3 rings (SSSR count). The van der Waals surface area contributed by atoms with E-state index >= 15 is 0 Å². The van der Waals surface area contributed by atoms with Gasteiger partial charge in [0.15, 0.2) is 4.93 Å². The lowest BCUT2D eigenvalue weighted by atomic mass is 9.69. The molecule has 4 heteroatoms. The first-order chi connectivity index (χ1) is 9.43. The van der Waals surface area contributed by atoms with Crippen molar-refractivity contribution in [2.75, 3.05) is 0 Å². The summed E-state index contributed by atoms with van der Waals surface area (Å²) < 4.78 is 5.92. The van der Waals surface area contributed by atoms with E-state index in [0.29, 0.717) is 0 Å². The van der Waals surface area contributed by atoms with Crippen LogP contribution >= 0.6 is 11.8 Å². The lowest BCUT2D eigenvalue weighted by Crippen LogP contribution is -2.37. The number of hydrogen-bond acceptors (Lipinski definition) is 3. The summed E-state index contributed by atoms with van der Waals surface area (Å²) in [5.41, 5.74) is 0.190. The van der Waals surface area contributed by atoms with Crippen molar-refractivity contribution in [2.24, 2.45) is 0 Å². The summed E-state index contributed by atoms with van der Waals surface area (Å²) in [7, 11) is 0. The van der Waals surface area contributed by atoms with Gasteiger partial charge in [-0.3, -0.25) is 4.79 Å². The molecule has 0 radical (unpaired) electrons. The van der Waals surface area contributed by atoms with Gasteiger partial charge in [-0.2, -0.15) is 0 Å². The van der Waals surface area contributed by atoms with E-state index in [0.717, 1.165) is 48.3 Å². The molecule has 0 bridgehead atoms. The summed E-state index contributed by atoms with van der Waals surface area (Å²) in [4.78, 5) is 12.7. The Morgan fingerprint density at radius 3 is 2.60 bits per heavy atom. The summed E-state index contributed by atoms with van der Waals surface area (Å²) >= 11 is 1.69. The van der Waals surface area contributed by atoms with Gasteiger partial charge in [-0.15, -0.1) is 0 Å². The molecule has 1 saturated carbocycles. The Kier molecular flexibility index (Phi) is 3.24. The molecule has 0 saturated heterocycles. The Balaban J connectivity index is 2.00. The molecule has 0 spiro atoms. The maximum absolute atomic E-state index is 11.9. The van der Waals surface area contributed by atoms with Crippen LogP contribution in [0.4, 0.5) is 0 Å². The molecule has 1 heterocycles. The third-order valence-corrected chi connectivity index (χ3v) is 5.46. The molecule has 2 aliphatic rings. The van der Waals surface area contributed by atoms with Gasteiger partial charge in [-0.1, -0.05) is 37.1 Å². The van der Waals surface area contributed by atoms with Crippen LogP contribution in [-0.2, 0) is 10.2 Å². The minimum absolute atomic E-state index is 0.260. The van der Waals surface area contributed by atoms with Crippen molar-refractivity contribution in [1.82, 2.24) is 0 Å². The predicted molar refractivity (Wildman–Crippen MR) is 79.4 cm³/mol. The molecule has 0 atom stereocenters. The van der Waals surface area contributed by atoms with Gasteiger partial charge in [0.2, 0.25) is 0 Å². The summed E-state index contributed by atoms with van der Waals surface area (Å²) in [5.74, 6) is 0.144. The summed E-state index contributed by atoms with van der Waals surface area (Å²) in [6.07, 6.45) is 4.59. The van der Waals surface area contributed by atoms with Crippen molar-refractivity contribution in [2.45, 2.75) is 61.2 Å². The first-order valence-electron chi connectivity index (χ1n) is 7.19. The molecule has 1 aromatic rings. The SMILES string of the molecule is CC1(C)Oc2cc(C3(C(=O)O)CCCCC3)ccc2S1. The van der Waals surface area contributed by atoms with E-state index in [9.17, 15) is 9.90 Å². The quantitative estimate of drug-likeness (QED) is 0.887. The Hall–Kier alpha value is -1.16. The van der Waals surface area contributed by atoms with Gasteiger partial charge >= 0.3 is 5.97 Å². The number of carbonyl (C=O) groups is 1. The van der Waals surface area contributed by atoms with Gasteiger partial charge in [0.25, 0.3) is 0 Å². The number of thioether (sulfide) groups is 1. The van der Waals surface area contributed by atoms with Gasteiger partial charge in [0.1, 0.15) is 5.75 Å². The van der Waals surface area contributed by atoms with Crippen LogP contribution in [0.3, 0.4) is 0 Å². The molecule has 1 aromatic carbocycles. The molecule has 1 fully saturated rings. The zero-order valence-corrected chi connectivity index (χ0v) is 12.8. The highest BCUT2D eigenvalue weighted by atomic mass is 32.2. The normalized spacial score (nSPS) is 22.9. The number of fused-ring (bicyclic) bond motifs is 1. The van der Waals surface area contributed by atoms with Crippen molar-refractivity contribution in [3.05, 3.63) is 23.8 Å². The van der Waals surface area contributed by atoms with E-state index in [1.54, 1.807) is 11.8 Å². The zero-order chi connectivity index (χ0) is 14.4. The van der Waals surface area contributed by atoms with E-state index in [2.05, 4.69) is 0 Å². The molecule has 1 N–H and O–H groups in total. The monoisotopic (exact) mass is 292 g/mol. The Bertz CT molecular complexity index is 545. The zero-order valence-electron chi connectivity index (χ0n) is 11.9. The van der Waals surface area contributed by atoms with E-state index in [1.807, 2.05) is 32.0 Å². The first kappa shape index (κ1) is 13.8. The number of hydrogen-bond donors (Lipinski definition) is 1. The minimum Gasteiger partial charge on any atom is -0.481 e. The van der Waals surface area contributed by atoms with Gasteiger partial charge < -0.3 is 9.84 Å². The molecule has 108 valence electrons. The second-order valence-corrected chi connectivity index (χ2v) is 7.84. The van der Waals surface area contributed by atoms with Crippen LogP contribution in [0.25, 0.3) is 0 Å². The fourth-order valence-electron chi connectivity index (χ4n) is 3.30. The molecule has 0 amide bonds. The molecule has 0 aromatic heterocycles. The number of carboxylic acid groups (broad SMARTS) is 1. The van der Waals surface area contributed by atoms with Crippen molar-refractivity contribution >= 4 is 17.7 Å². The minimum atomic E-state index is -0.714. The Morgan fingerprint density at radius 2 is 1.95 bits per heavy atom. The highest BCUT2D eigenvalue weighted by Crippen LogP contribution is 2.49. The third kappa shape index (κ3) is 2.20. The van der Waals surface area contributed by atoms with Crippen molar-refractivity contribution in [3.63, 3.8) is 0 Å². The van der Waals surface area contributed by atoms with Crippen LogP contribution < -0.4 is 4.74 Å². The highest BCUT2D eigenvalue weighted by Gasteiger charge is 2.42. The Labute approximate surface area is 123 Å². The lowest BCUT2D eigenvalue weighted by molar-refractivity contribution is -0.145. The lowest BCUT2D eigenvalue weighted by Gasteiger charge is -2.33. The van der Waals surface area contributed by atoms with Gasteiger partial charge in [0.05, 0.1) is 10.3 Å². The van der Waals surface area contributed by atoms with E-state index in [-0.39, 0.29) is 4.93 Å². The Morgan fingerprint density at radius 1 is 1.25 bits per heavy atom. The fraction of sp³-hybridized carbons (Fsp3) is 0.562. The van der Waals surface area contributed by atoms with E-state index in [4.69, 9.17) is 4.74 Å². The van der Waals surface area contributed by atoms with E-state index in [1.165, 1.54) is 0 Å². The fourth-order valence-corrected chi connectivity index (χ4v) is 4.30. The van der Waals surface area contributed by atoms with Crippen LogP contribution in [0.5, 0.6) is 5.75 Å². The van der Waals surface area contributed by atoms with Crippen molar-refractivity contribution in [3.8, 4) is 5.75 Å². The van der Waals surface area contributed by atoms with Gasteiger partial charge in [-0.05, 0) is 44.4 Å². The maximum Gasteiger partial charge on any atom is 0.314 e. The summed E-state index contributed by atoms with van der Waals surface area (Å²) in [6, 6.07) is 5.95. The molecular formula is C16H20O3S. The number of aliphatic carboxylic acids is 1. The second kappa shape index (κ2) is 4.69. The average Bonchev–Trinajstić information content (AvgIpc) is 2.72. The second-order valence-electron chi connectivity index (χ2n) is 6.21. The van der Waals surface area contributed by atoms with Gasteiger partial charge in [0, 0.05) is 0 Å². The molecule has 20 heavy (non-hydrogen) atoms. The molecule has 0 unspecified atom stereocenters. The van der Waals surface area contributed by atoms with Crippen molar-refractivity contribution in [1.29, 1.82) is 0 Å². The van der Waals surface area contributed by atoms with Crippen LogP contribution in [0.1, 0.15) is 51.5 Å². The van der Waals surface area contributed by atoms with Crippen LogP contribution in [0.2, 0.25) is 0 Å². The number of ether oxygens (including phenoxy) is 1. The maximum atomic E-state index is 11.9. The van der Waals surface area contributed by atoms with Crippen LogP contribution in [0.15, 0.2) is 23.1 Å². The molecule has 3 nitrogen and oxygen atoms in total. The van der Waals surface area contributed by atoms with E-state index < -0.39 is 11.4 Å². The largest absolute Gasteiger partial charge is 0.481 e. The van der Waals surface area contributed by atoms with Crippen molar-refractivity contribution < 1.29 is 14.6 Å².